The standard InChI is InChI=1S/C9H10N2O3S/c1-14-8(13)6-5-15-9(10-6)11-4-2-3-7(11)12/h5H,2-4H2,1H3. The maximum absolute atomic E-state index is 11.4. The number of aromatic nitrogens is 1. The summed E-state index contributed by atoms with van der Waals surface area (Å²) >= 11 is 1.29. The monoisotopic (exact) mass is 226 g/mol. The molecule has 0 aliphatic carbocycles. The molecule has 0 N–H and O–H groups in total. The van der Waals surface area contributed by atoms with Crippen molar-refractivity contribution in [2.24, 2.45) is 0 Å². The molecule has 0 radical (unpaired) electrons. The second-order valence-electron chi connectivity index (χ2n) is 3.16. The Morgan fingerprint density at radius 2 is 2.47 bits per heavy atom. The predicted molar refractivity (Wildman–Crippen MR) is 55.0 cm³/mol. The number of thiazole rings is 1. The van der Waals surface area contributed by atoms with Crippen molar-refractivity contribution in [2.45, 2.75) is 12.8 Å². The number of hydrogen-bond donors (Lipinski definition) is 0. The van der Waals surface area contributed by atoms with Crippen molar-refractivity contribution >= 4 is 28.3 Å². The van der Waals surface area contributed by atoms with Crippen LogP contribution in [0.5, 0.6) is 0 Å². The largest absolute Gasteiger partial charge is 0.464 e. The van der Waals surface area contributed by atoms with Gasteiger partial charge in [-0.05, 0) is 6.42 Å². The summed E-state index contributed by atoms with van der Waals surface area (Å²) in [5.41, 5.74) is 0.261. The molecule has 0 saturated carbocycles. The molecule has 2 heterocycles. The molecule has 2 rings (SSSR count). The lowest BCUT2D eigenvalue weighted by Gasteiger charge is -2.09. The zero-order chi connectivity index (χ0) is 10.8. The Morgan fingerprint density at radius 3 is 3.07 bits per heavy atom. The molecule has 1 fully saturated rings. The lowest BCUT2D eigenvalue weighted by atomic mass is 10.4. The van der Waals surface area contributed by atoms with Crippen LogP contribution in [0.2, 0.25) is 0 Å². The fourth-order valence-corrected chi connectivity index (χ4v) is 2.27. The highest BCUT2D eigenvalue weighted by atomic mass is 32.1. The molecule has 1 saturated heterocycles. The normalized spacial score (nSPS) is 15.8. The summed E-state index contributed by atoms with van der Waals surface area (Å²) in [4.78, 5) is 28.2. The summed E-state index contributed by atoms with van der Waals surface area (Å²) in [6.45, 7) is 0.687. The zero-order valence-electron chi connectivity index (χ0n) is 8.23. The molecule has 1 aromatic heterocycles. The van der Waals surface area contributed by atoms with Gasteiger partial charge in [-0.25, -0.2) is 9.78 Å². The summed E-state index contributed by atoms with van der Waals surface area (Å²) in [6, 6.07) is 0. The molecular weight excluding hydrogens is 216 g/mol. The molecular formula is C9H10N2O3S. The second kappa shape index (κ2) is 3.98. The van der Waals surface area contributed by atoms with E-state index in [0.717, 1.165) is 6.42 Å². The van der Waals surface area contributed by atoms with E-state index in [1.807, 2.05) is 0 Å². The lowest BCUT2D eigenvalue weighted by molar-refractivity contribution is -0.117. The van der Waals surface area contributed by atoms with Gasteiger partial charge in [0.15, 0.2) is 10.8 Å². The van der Waals surface area contributed by atoms with Crippen molar-refractivity contribution in [1.82, 2.24) is 4.98 Å². The molecule has 1 aromatic rings. The van der Waals surface area contributed by atoms with Gasteiger partial charge in [-0.15, -0.1) is 11.3 Å². The van der Waals surface area contributed by atoms with E-state index in [0.29, 0.717) is 18.1 Å². The van der Waals surface area contributed by atoms with Crippen LogP contribution in [0.3, 0.4) is 0 Å². The Morgan fingerprint density at radius 1 is 1.67 bits per heavy atom. The molecule has 0 bridgehead atoms. The van der Waals surface area contributed by atoms with Crippen LogP contribution in [-0.2, 0) is 9.53 Å². The average Bonchev–Trinajstić information content (AvgIpc) is 2.84. The highest BCUT2D eigenvalue weighted by molar-refractivity contribution is 7.14. The molecule has 15 heavy (non-hydrogen) atoms. The first-order valence-corrected chi connectivity index (χ1v) is 5.44. The van der Waals surface area contributed by atoms with Crippen LogP contribution >= 0.6 is 11.3 Å². The molecule has 0 unspecified atom stereocenters. The molecule has 0 aromatic carbocycles. The molecule has 6 heteroatoms. The Labute approximate surface area is 90.7 Å². The van der Waals surface area contributed by atoms with Crippen molar-refractivity contribution in [3.05, 3.63) is 11.1 Å². The summed E-state index contributed by atoms with van der Waals surface area (Å²) in [5, 5.41) is 2.19. The summed E-state index contributed by atoms with van der Waals surface area (Å²) in [5.74, 6) is -0.398. The maximum Gasteiger partial charge on any atom is 0.357 e. The van der Waals surface area contributed by atoms with E-state index >= 15 is 0 Å². The Hall–Kier alpha value is -1.43. The van der Waals surface area contributed by atoms with Gasteiger partial charge in [-0.3, -0.25) is 9.69 Å². The van der Waals surface area contributed by atoms with Crippen LogP contribution in [0.4, 0.5) is 5.13 Å². The molecule has 5 nitrogen and oxygen atoms in total. The number of carbonyl (C=O) groups is 2. The van der Waals surface area contributed by atoms with Crippen LogP contribution in [0.25, 0.3) is 0 Å². The predicted octanol–water partition coefficient (Wildman–Crippen LogP) is 1.06. The van der Waals surface area contributed by atoms with E-state index in [2.05, 4.69) is 9.72 Å². The SMILES string of the molecule is COC(=O)c1csc(N2CCCC2=O)n1. The van der Waals surface area contributed by atoms with Gasteiger partial charge in [0.2, 0.25) is 5.91 Å². The second-order valence-corrected chi connectivity index (χ2v) is 3.99. The van der Waals surface area contributed by atoms with Gasteiger partial charge in [0.05, 0.1) is 7.11 Å². The van der Waals surface area contributed by atoms with Crippen LogP contribution in [0.1, 0.15) is 23.3 Å². The van der Waals surface area contributed by atoms with E-state index in [9.17, 15) is 9.59 Å². The third kappa shape index (κ3) is 1.85. The molecule has 1 aliphatic rings. The Balaban J connectivity index is 2.19. The van der Waals surface area contributed by atoms with E-state index in [4.69, 9.17) is 0 Å². The van der Waals surface area contributed by atoms with Gasteiger partial charge in [0.1, 0.15) is 0 Å². The number of nitrogens with zero attached hydrogens (tertiary/aromatic N) is 2. The summed E-state index contributed by atoms with van der Waals surface area (Å²) in [6.07, 6.45) is 1.42. The number of anilines is 1. The van der Waals surface area contributed by atoms with Crippen molar-refractivity contribution in [2.75, 3.05) is 18.6 Å². The van der Waals surface area contributed by atoms with E-state index < -0.39 is 5.97 Å². The maximum atomic E-state index is 11.4. The molecule has 0 atom stereocenters. The van der Waals surface area contributed by atoms with Crippen LogP contribution < -0.4 is 4.90 Å². The van der Waals surface area contributed by atoms with Gasteiger partial charge in [-0.2, -0.15) is 0 Å². The number of amides is 1. The minimum atomic E-state index is -0.468. The van der Waals surface area contributed by atoms with Gasteiger partial charge in [0.25, 0.3) is 0 Å². The number of esters is 1. The summed E-state index contributed by atoms with van der Waals surface area (Å²) < 4.78 is 4.54. The third-order valence-corrected chi connectivity index (χ3v) is 3.05. The highest BCUT2D eigenvalue weighted by Crippen LogP contribution is 2.25. The first-order chi connectivity index (χ1) is 7.22. The lowest BCUT2D eigenvalue weighted by Crippen LogP contribution is -2.23. The minimum Gasteiger partial charge on any atom is -0.464 e. The van der Waals surface area contributed by atoms with Gasteiger partial charge in [-0.1, -0.05) is 0 Å². The topological polar surface area (TPSA) is 59.5 Å². The zero-order valence-corrected chi connectivity index (χ0v) is 9.04. The van der Waals surface area contributed by atoms with Crippen LogP contribution in [-0.4, -0.2) is 30.5 Å². The fraction of sp³-hybridized carbons (Fsp3) is 0.444. The number of hydrogen-bond acceptors (Lipinski definition) is 5. The average molecular weight is 226 g/mol. The van der Waals surface area contributed by atoms with Gasteiger partial charge in [0, 0.05) is 18.3 Å². The number of ether oxygens (including phenoxy) is 1. The van der Waals surface area contributed by atoms with Gasteiger partial charge < -0.3 is 4.74 Å². The van der Waals surface area contributed by atoms with E-state index in [-0.39, 0.29) is 11.6 Å². The molecule has 1 aliphatic heterocycles. The number of rotatable bonds is 2. The molecule has 80 valence electrons. The Bertz CT molecular complexity index is 402. The fourth-order valence-electron chi connectivity index (χ4n) is 1.44. The van der Waals surface area contributed by atoms with Crippen molar-refractivity contribution in [3.8, 4) is 0 Å². The first kappa shape index (κ1) is 10.1. The Kier molecular flexibility index (Phi) is 2.68. The third-order valence-electron chi connectivity index (χ3n) is 2.19. The van der Waals surface area contributed by atoms with Crippen molar-refractivity contribution in [3.63, 3.8) is 0 Å². The van der Waals surface area contributed by atoms with Crippen molar-refractivity contribution < 1.29 is 14.3 Å². The molecule has 0 spiro atoms. The first-order valence-electron chi connectivity index (χ1n) is 4.56. The van der Waals surface area contributed by atoms with Crippen LogP contribution in [0, 0.1) is 0 Å². The van der Waals surface area contributed by atoms with E-state index in [1.54, 1.807) is 10.3 Å². The quantitative estimate of drug-likeness (QED) is 0.707. The molecule has 1 amide bonds. The van der Waals surface area contributed by atoms with Gasteiger partial charge >= 0.3 is 5.97 Å². The number of carbonyl (C=O) groups excluding carboxylic acids is 2. The van der Waals surface area contributed by atoms with Crippen LogP contribution in [0.15, 0.2) is 5.38 Å². The van der Waals surface area contributed by atoms with Crippen molar-refractivity contribution in [1.29, 1.82) is 0 Å². The summed E-state index contributed by atoms with van der Waals surface area (Å²) in [7, 11) is 1.31. The number of methoxy groups -OCH3 is 1. The highest BCUT2D eigenvalue weighted by Gasteiger charge is 2.25. The minimum absolute atomic E-state index is 0.0702. The van der Waals surface area contributed by atoms with E-state index in [1.165, 1.54) is 18.4 Å². The smallest absolute Gasteiger partial charge is 0.357 e.